The minimum absolute atomic E-state index is 0.245. The number of amides is 3. The summed E-state index contributed by atoms with van der Waals surface area (Å²) in [4.78, 5) is 51.0. The number of nitrogens with one attached hydrogen (secondary N) is 1. The second kappa shape index (κ2) is 8.02. The van der Waals surface area contributed by atoms with E-state index in [9.17, 15) is 19.2 Å². The molecule has 0 saturated heterocycles. The van der Waals surface area contributed by atoms with Crippen molar-refractivity contribution < 1.29 is 23.9 Å². The molecule has 1 aliphatic heterocycles. The number of hydrogen-bond acceptors (Lipinski definition) is 5. The van der Waals surface area contributed by atoms with Gasteiger partial charge in [0.2, 0.25) is 0 Å². The van der Waals surface area contributed by atoms with Gasteiger partial charge in [0.1, 0.15) is 6.04 Å². The molecule has 0 unspecified atom stereocenters. The number of hydrogen-bond donors (Lipinski definition) is 1. The van der Waals surface area contributed by atoms with Crippen molar-refractivity contribution in [2.45, 2.75) is 26.0 Å². The molecule has 1 heterocycles. The minimum atomic E-state index is -1.16. The summed E-state index contributed by atoms with van der Waals surface area (Å²) in [5.41, 5.74) is 1.06. The van der Waals surface area contributed by atoms with Gasteiger partial charge in [-0.2, -0.15) is 0 Å². The standard InChI is InChI=1S/C24H20N2O5/c1-14(26-22(28)19-9-5-6-10-20(19)23(26)29)24(30)31-15(2)21(27)25-18-12-11-16-7-3-4-8-17(16)13-18/h3-15H,1-2H3,(H,25,27)/t14-,15-/m1/s1. The van der Waals surface area contributed by atoms with Crippen molar-refractivity contribution >= 4 is 40.2 Å². The maximum atomic E-state index is 12.6. The molecule has 1 aliphatic rings. The van der Waals surface area contributed by atoms with Gasteiger partial charge in [-0.15, -0.1) is 0 Å². The van der Waals surface area contributed by atoms with Crippen LogP contribution in [0.2, 0.25) is 0 Å². The number of carbonyl (C=O) groups is 4. The predicted octanol–water partition coefficient (Wildman–Crippen LogP) is 3.39. The molecule has 4 rings (SSSR count). The first-order valence-electron chi connectivity index (χ1n) is 9.84. The monoisotopic (exact) mass is 416 g/mol. The average Bonchev–Trinajstić information content (AvgIpc) is 3.03. The number of imide groups is 1. The van der Waals surface area contributed by atoms with E-state index in [0.717, 1.165) is 15.7 Å². The number of fused-ring (bicyclic) bond motifs is 2. The van der Waals surface area contributed by atoms with E-state index in [1.54, 1.807) is 18.2 Å². The summed E-state index contributed by atoms with van der Waals surface area (Å²) in [5.74, 6) is -2.47. The average molecular weight is 416 g/mol. The van der Waals surface area contributed by atoms with Crippen LogP contribution in [0.1, 0.15) is 34.6 Å². The van der Waals surface area contributed by atoms with Gasteiger partial charge in [0, 0.05) is 5.69 Å². The van der Waals surface area contributed by atoms with E-state index >= 15 is 0 Å². The van der Waals surface area contributed by atoms with Crippen molar-refractivity contribution in [1.82, 2.24) is 4.90 Å². The Labute approximate surface area is 178 Å². The molecule has 1 N–H and O–H groups in total. The van der Waals surface area contributed by atoms with Gasteiger partial charge >= 0.3 is 5.97 Å². The highest BCUT2D eigenvalue weighted by molar-refractivity contribution is 6.22. The molecule has 3 amide bonds. The third-order valence-electron chi connectivity index (χ3n) is 5.23. The molecule has 0 saturated carbocycles. The summed E-state index contributed by atoms with van der Waals surface area (Å²) < 4.78 is 5.24. The molecule has 0 aliphatic carbocycles. The Kier molecular flexibility index (Phi) is 5.25. The second-order valence-electron chi connectivity index (χ2n) is 7.33. The molecule has 0 bridgehead atoms. The van der Waals surface area contributed by atoms with Crippen LogP contribution in [-0.2, 0) is 14.3 Å². The lowest BCUT2D eigenvalue weighted by atomic mass is 10.1. The van der Waals surface area contributed by atoms with E-state index in [0.29, 0.717) is 5.69 Å². The number of anilines is 1. The van der Waals surface area contributed by atoms with E-state index in [1.165, 1.54) is 26.0 Å². The van der Waals surface area contributed by atoms with Gasteiger partial charge in [0.05, 0.1) is 11.1 Å². The van der Waals surface area contributed by atoms with Gasteiger partial charge in [-0.3, -0.25) is 19.3 Å². The first-order chi connectivity index (χ1) is 14.9. The van der Waals surface area contributed by atoms with Gasteiger partial charge in [0.15, 0.2) is 6.10 Å². The lowest BCUT2D eigenvalue weighted by molar-refractivity contribution is -0.156. The normalized spacial score (nSPS) is 14.8. The molecular weight excluding hydrogens is 396 g/mol. The number of esters is 1. The van der Waals surface area contributed by atoms with E-state index < -0.39 is 35.8 Å². The van der Waals surface area contributed by atoms with Crippen LogP contribution in [0.5, 0.6) is 0 Å². The van der Waals surface area contributed by atoms with E-state index in [4.69, 9.17) is 4.74 Å². The Morgan fingerprint density at radius 1 is 0.839 bits per heavy atom. The Balaban J connectivity index is 1.41. The smallest absolute Gasteiger partial charge is 0.329 e. The van der Waals surface area contributed by atoms with Crippen LogP contribution < -0.4 is 5.32 Å². The molecular formula is C24H20N2O5. The van der Waals surface area contributed by atoms with Crippen molar-refractivity contribution in [2.75, 3.05) is 5.32 Å². The van der Waals surface area contributed by atoms with Crippen molar-refractivity contribution in [2.24, 2.45) is 0 Å². The van der Waals surface area contributed by atoms with Crippen molar-refractivity contribution in [3.63, 3.8) is 0 Å². The molecule has 0 aromatic heterocycles. The topological polar surface area (TPSA) is 92.8 Å². The maximum Gasteiger partial charge on any atom is 0.329 e. The highest BCUT2D eigenvalue weighted by atomic mass is 16.5. The molecule has 156 valence electrons. The summed E-state index contributed by atoms with van der Waals surface area (Å²) in [6.07, 6.45) is -1.11. The van der Waals surface area contributed by atoms with E-state index in [2.05, 4.69) is 5.32 Å². The third kappa shape index (κ3) is 3.77. The summed E-state index contributed by atoms with van der Waals surface area (Å²) in [6.45, 7) is 2.83. The highest BCUT2D eigenvalue weighted by Gasteiger charge is 2.41. The van der Waals surface area contributed by atoms with Gasteiger partial charge in [0.25, 0.3) is 17.7 Å². The van der Waals surface area contributed by atoms with Crippen LogP contribution in [-0.4, -0.2) is 40.7 Å². The fourth-order valence-electron chi connectivity index (χ4n) is 3.50. The molecule has 3 aromatic rings. The Bertz CT molecular complexity index is 1180. The Hall–Kier alpha value is -4.00. The zero-order valence-electron chi connectivity index (χ0n) is 17.0. The number of rotatable bonds is 5. The quantitative estimate of drug-likeness (QED) is 0.508. The third-order valence-corrected chi connectivity index (χ3v) is 5.23. The van der Waals surface area contributed by atoms with Gasteiger partial charge in [-0.25, -0.2) is 4.79 Å². The van der Waals surface area contributed by atoms with Crippen LogP contribution >= 0.6 is 0 Å². The summed E-state index contributed by atoms with van der Waals surface area (Å²) in [5, 5.41) is 4.71. The van der Waals surface area contributed by atoms with Crippen LogP contribution in [0.3, 0.4) is 0 Å². The van der Waals surface area contributed by atoms with E-state index in [1.807, 2.05) is 36.4 Å². The number of nitrogens with zero attached hydrogens (tertiary/aromatic N) is 1. The predicted molar refractivity (Wildman–Crippen MR) is 115 cm³/mol. The van der Waals surface area contributed by atoms with Gasteiger partial charge in [-0.05, 0) is 48.9 Å². The van der Waals surface area contributed by atoms with Crippen molar-refractivity contribution in [3.8, 4) is 0 Å². The lowest BCUT2D eigenvalue weighted by Crippen LogP contribution is -2.45. The molecule has 0 spiro atoms. The summed E-state index contributed by atoms with van der Waals surface area (Å²) in [6, 6.07) is 18.4. The highest BCUT2D eigenvalue weighted by Crippen LogP contribution is 2.25. The molecule has 0 radical (unpaired) electrons. The SMILES string of the molecule is C[C@H](C(=O)O[C@H](C)C(=O)Nc1ccc2ccccc2c1)N1C(=O)c2ccccc2C1=O. The first-order valence-corrected chi connectivity index (χ1v) is 9.84. The molecule has 3 aromatic carbocycles. The fraction of sp³-hybridized carbons (Fsp3) is 0.167. The van der Waals surface area contributed by atoms with Crippen LogP contribution in [0.25, 0.3) is 10.8 Å². The summed E-state index contributed by atoms with van der Waals surface area (Å²) >= 11 is 0. The number of ether oxygens (including phenoxy) is 1. The first kappa shape index (κ1) is 20.3. The van der Waals surface area contributed by atoms with Crippen molar-refractivity contribution in [1.29, 1.82) is 0 Å². The molecule has 2 atom stereocenters. The van der Waals surface area contributed by atoms with E-state index in [-0.39, 0.29) is 11.1 Å². The zero-order valence-corrected chi connectivity index (χ0v) is 17.0. The number of carbonyl (C=O) groups excluding carboxylic acids is 4. The van der Waals surface area contributed by atoms with Crippen LogP contribution in [0, 0.1) is 0 Å². The van der Waals surface area contributed by atoms with Gasteiger partial charge < -0.3 is 10.1 Å². The largest absolute Gasteiger partial charge is 0.451 e. The molecule has 31 heavy (non-hydrogen) atoms. The molecule has 7 heteroatoms. The zero-order chi connectivity index (χ0) is 22.1. The Morgan fingerprint density at radius 2 is 1.42 bits per heavy atom. The Morgan fingerprint density at radius 3 is 2.06 bits per heavy atom. The minimum Gasteiger partial charge on any atom is -0.451 e. The second-order valence-corrected chi connectivity index (χ2v) is 7.33. The number of benzene rings is 3. The van der Waals surface area contributed by atoms with Gasteiger partial charge in [-0.1, -0.05) is 42.5 Å². The van der Waals surface area contributed by atoms with Crippen LogP contribution in [0.15, 0.2) is 66.7 Å². The fourth-order valence-corrected chi connectivity index (χ4v) is 3.50. The molecule has 0 fully saturated rings. The molecule has 7 nitrogen and oxygen atoms in total. The van der Waals surface area contributed by atoms with Crippen molar-refractivity contribution in [3.05, 3.63) is 77.9 Å². The maximum absolute atomic E-state index is 12.6. The lowest BCUT2D eigenvalue weighted by Gasteiger charge is -2.22. The summed E-state index contributed by atoms with van der Waals surface area (Å²) in [7, 11) is 0. The van der Waals surface area contributed by atoms with Crippen LogP contribution in [0.4, 0.5) is 5.69 Å².